The van der Waals surface area contributed by atoms with Gasteiger partial charge in [-0.3, -0.25) is 4.79 Å². The zero-order valence-electron chi connectivity index (χ0n) is 10.9. The number of rotatable bonds is 3. The fourth-order valence-corrected chi connectivity index (χ4v) is 2.40. The highest BCUT2D eigenvalue weighted by Gasteiger charge is 2.12. The summed E-state index contributed by atoms with van der Waals surface area (Å²) in [6.45, 7) is 0. The van der Waals surface area contributed by atoms with E-state index in [4.69, 9.17) is 0 Å². The molecule has 0 heterocycles. The summed E-state index contributed by atoms with van der Waals surface area (Å²) >= 11 is 0. The fraction of sp³-hybridized carbons (Fsp3) is 0.0556. The van der Waals surface area contributed by atoms with Crippen LogP contribution in [0.3, 0.4) is 0 Å². The van der Waals surface area contributed by atoms with E-state index in [0.29, 0.717) is 17.4 Å². The van der Waals surface area contributed by atoms with Crippen molar-refractivity contribution in [2.24, 2.45) is 0 Å². The van der Waals surface area contributed by atoms with Crippen LogP contribution in [0, 0.1) is 0 Å². The maximum atomic E-state index is 12.5. The molecule has 2 heteroatoms. The molecule has 0 saturated heterocycles. The molecule has 3 aromatic carbocycles. The quantitative estimate of drug-likeness (QED) is 0.725. The van der Waals surface area contributed by atoms with E-state index in [0.717, 1.165) is 10.9 Å². The van der Waals surface area contributed by atoms with Crippen LogP contribution in [0.4, 0.5) is 0 Å². The van der Waals surface area contributed by atoms with Crippen molar-refractivity contribution in [3.8, 4) is 5.75 Å². The van der Waals surface area contributed by atoms with Crippen molar-refractivity contribution in [3.05, 3.63) is 77.9 Å². The monoisotopic (exact) mass is 262 g/mol. The van der Waals surface area contributed by atoms with Gasteiger partial charge in [-0.25, -0.2) is 0 Å². The molecular formula is C18H14O2. The Morgan fingerprint density at radius 1 is 0.800 bits per heavy atom. The minimum absolute atomic E-state index is 0.0624. The molecule has 0 saturated carbocycles. The molecule has 0 aliphatic rings. The first-order valence-electron chi connectivity index (χ1n) is 6.53. The van der Waals surface area contributed by atoms with Crippen LogP contribution in [0.5, 0.6) is 5.75 Å². The molecule has 0 atom stereocenters. The second-order valence-electron chi connectivity index (χ2n) is 4.76. The van der Waals surface area contributed by atoms with Crippen LogP contribution in [-0.4, -0.2) is 10.9 Å². The fourth-order valence-electron chi connectivity index (χ4n) is 2.40. The number of fused-ring (bicyclic) bond motifs is 1. The van der Waals surface area contributed by atoms with Gasteiger partial charge < -0.3 is 5.11 Å². The number of hydrogen-bond donors (Lipinski definition) is 1. The summed E-state index contributed by atoms with van der Waals surface area (Å²) in [7, 11) is 0. The first-order valence-corrected chi connectivity index (χ1v) is 6.53. The van der Waals surface area contributed by atoms with Crippen molar-refractivity contribution in [1.82, 2.24) is 0 Å². The van der Waals surface area contributed by atoms with Crippen LogP contribution in [-0.2, 0) is 6.42 Å². The van der Waals surface area contributed by atoms with E-state index in [1.165, 1.54) is 0 Å². The molecule has 0 radical (unpaired) electrons. The van der Waals surface area contributed by atoms with Gasteiger partial charge in [0.05, 0.1) is 0 Å². The Labute approximate surface area is 117 Å². The van der Waals surface area contributed by atoms with Crippen molar-refractivity contribution >= 4 is 16.6 Å². The van der Waals surface area contributed by atoms with Gasteiger partial charge in [-0.2, -0.15) is 0 Å². The van der Waals surface area contributed by atoms with E-state index in [9.17, 15) is 9.90 Å². The Hall–Kier alpha value is -2.61. The van der Waals surface area contributed by atoms with Crippen molar-refractivity contribution in [1.29, 1.82) is 0 Å². The molecule has 0 aliphatic carbocycles. The number of ketones is 1. The summed E-state index contributed by atoms with van der Waals surface area (Å²) in [4.78, 5) is 12.5. The number of carbonyl (C=O) groups excluding carboxylic acids is 1. The zero-order chi connectivity index (χ0) is 13.9. The van der Waals surface area contributed by atoms with Gasteiger partial charge in [0.2, 0.25) is 0 Å². The molecule has 0 aromatic heterocycles. The highest BCUT2D eigenvalue weighted by molar-refractivity contribution is 6.10. The maximum absolute atomic E-state index is 12.5. The summed E-state index contributed by atoms with van der Waals surface area (Å²) in [5, 5.41) is 11.4. The van der Waals surface area contributed by atoms with Gasteiger partial charge in [-0.05, 0) is 23.1 Å². The first kappa shape index (κ1) is 12.4. The van der Waals surface area contributed by atoms with E-state index in [2.05, 4.69) is 0 Å². The average molecular weight is 262 g/mol. The molecule has 2 nitrogen and oxygen atoms in total. The highest BCUT2D eigenvalue weighted by Crippen LogP contribution is 2.28. The molecule has 1 N–H and O–H groups in total. The molecule has 0 unspecified atom stereocenters. The largest absolute Gasteiger partial charge is 0.507 e. The maximum Gasteiger partial charge on any atom is 0.167 e. The van der Waals surface area contributed by atoms with E-state index < -0.39 is 0 Å². The number of phenolic OH excluding ortho intramolecular Hbond substituents is 1. The number of benzene rings is 3. The Balaban J connectivity index is 2.02. The molecule has 0 bridgehead atoms. The zero-order valence-corrected chi connectivity index (χ0v) is 10.9. The van der Waals surface area contributed by atoms with Gasteiger partial charge in [0.25, 0.3) is 0 Å². The van der Waals surface area contributed by atoms with Gasteiger partial charge in [-0.15, -0.1) is 0 Å². The molecule has 3 aromatic rings. The van der Waals surface area contributed by atoms with E-state index in [1.807, 2.05) is 54.6 Å². The minimum atomic E-state index is 0.0624. The third kappa shape index (κ3) is 2.28. The predicted molar refractivity (Wildman–Crippen MR) is 80.1 cm³/mol. The lowest BCUT2D eigenvalue weighted by Crippen LogP contribution is -2.04. The SMILES string of the molecule is O=C(Cc1ccccc1)c1ccc(O)c2ccccc12. The Morgan fingerprint density at radius 2 is 1.45 bits per heavy atom. The number of aromatic hydroxyl groups is 1. The Bertz CT molecular complexity index is 761. The molecule has 0 amide bonds. The smallest absolute Gasteiger partial charge is 0.167 e. The molecule has 3 rings (SSSR count). The van der Waals surface area contributed by atoms with Crippen LogP contribution in [0.2, 0.25) is 0 Å². The van der Waals surface area contributed by atoms with Crippen molar-refractivity contribution < 1.29 is 9.90 Å². The standard InChI is InChI=1S/C18H14O2/c19-17-11-10-16(14-8-4-5-9-15(14)17)18(20)12-13-6-2-1-3-7-13/h1-11,19H,12H2. The van der Waals surface area contributed by atoms with Gasteiger partial charge >= 0.3 is 0 Å². The summed E-state index contributed by atoms with van der Waals surface area (Å²) in [5.74, 6) is 0.268. The van der Waals surface area contributed by atoms with Crippen LogP contribution in [0.25, 0.3) is 10.8 Å². The van der Waals surface area contributed by atoms with Gasteiger partial charge in [0.1, 0.15) is 5.75 Å². The minimum Gasteiger partial charge on any atom is -0.507 e. The summed E-state index contributed by atoms with van der Waals surface area (Å²) in [5.41, 5.74) is 1.65. The second-order valence-corrected chi connectivity index (χ2v) is 4.76. The van der Waals surface area contributed by atoms with Crippen LogP contribution >= 0.6 is 0 Å². The lowest BCUT2D eigenvalue weighted by molar-refractivity contribution is 0.0994. The number of carbonyl (C=O) groups is 1. The van der Waals surface area contributed by atoms with Crippen molar-refractivity contribution in [3.63, 3.8) is 0 Å². The average Bonchev–Trinajstić information content (AvgIpc) is 2.49. The third-order valence-electron chi connectivity index (χ3n) is 3.41. The topological polar surface area (TPSA) is 37.3 Å². The van der Waals surface area contributed by atoms with Crippen LogP contribution < -0.4 is 0 Å². The van der Waals surface area contributed by atoms with Crippen molar-refractivity contribution in [2.75, 3.05) is 0 Å². The molecular weight excluding hydrogens is 248 g/mol. The molecule has 0 spiro atoms. The summed E-state index contributed by atoms with van der Waals surface area (Å²) in [6.07, 6.45) is 0.371. The molecule has 20 heavy (non-hydrogen) atoms. The number of Topliss-reactive ketones (excluding diaryl/α,β-unsaturated/α-hetero) is 1. The Kier molecular flexibility index (Phi) is 3.21. The number of hydrogen-bond acceptors (Lipinski definition) is 2. The highest BCUT2D eigenvalue weighted by atomic mass is 16.3. The first-order chi connectivity index (χ1) is 9.75. The predicted octanol–water partition coefficient (Wildman–Crippen LogP) is 3.97. The molecule has 0 fully saturated rings. The normalized spacial score (nSPS) is 10.6. The van der Waals surface area contributed by atoms with Gasteiger partial charge in [-0.1, -0.05) is 54.6 Å². The molecule has 98 valence electrons. The van der Waals surface area contributed by atoms with Crippen LogP contribution in [0.15, 0.2) is 66.7 Å². The number of phenols is 1. The van der Waals surface area contributed by atoms with Crippen LogP contribution in [0.1, 0.15) is 15.9 Å². The second kappa shape index (κ2) is 5.17. The van der Waals surface area contributed by atoms with E-state index in [1.54, 1.807) is 12.1 Å². The van der Waals surface area contributed by atoms with E-state index >= 15 is 0 Å². The summed E-state index contributed by atoms with van der Waals surface area (Å²) < 4.78 is 0. The van der Waals surface area contributed by atoms with Crippen molar-refractivity contribution in [2.45, 2.75) is 6.42 Å². The lowest BCUT2D eigenvalue weighted by Gasteiger charge is -2.07. The van der Waals surface area contributed by atoms with Gasteiger partial charge in [0, 0.05) is 17.4 Å². The summed E-state index contributed by atoms with van der Waals surface area (Å²) in [6, 6.07) is 20.4. The lowest BCUT2D eigenvalue weighted by atomic mass is 9.97. The Morgan fingerprint density at radius 3 is 2.20 bits per heavy atom. The molecule has 0 aliphatic heterocycles. The third-order valence-corrected chi connectivity index (χ3v) is 3.41. The van der Waals surface area contributed by atoms with E-state index in [-0.39, 0.29) is 11.5 Å². The van der Waals surface area contributed by atoms with Gasteiger partial charge in [0.15, 0.2) is 5.78 Å².